The fraction of sp³-hybridized carbons (Fsp3) is 0.200. The molecule has 4 N–H and O–H groups in total. The maximum Gasteiger partial charge on any atom is 0.416 e. The minimum Gasteiger partial charge on any atom is -0.324 e. The normalized spacial score (nSPS) is 15.8. The minimum atomic E-state index is -4.51. The SMILES string of the molecule is NS(=O)(=O)c1ccccc1-c1ccc(NC(=O)C2CCCN2C(=O)Nc2ccc(C(F)(F)F)cc2)cc1F. The highest BCUT2D eigenvalue weighted by Gasteiger charge is 2.35. The first-order valence-electron chi connectivity index (χ1n) is 11.3. The van der Waals surface area contributed by atoms with Crippen LogP contribution in [0.5, 0.6) is 0 Å². The number of nitrogens with one attached hydrogen (secondary N) is 2. The van der Waals surface area contributed by atoms with Crippen LogP contribution < -0.4 is 15.8 Å². The number of nitrogens with two attached hydrogens (primary N) is 1. The van der Waals surface area contributed by atoms with Gasteiger partial charge in [0.2, 0.25) is 15.9 Å². The molecule has 1 unspecified atom stereocenters. The molecule has 38 heavy (non-hydrogen) atoms. The fourth-order valence-electron chi connectivity index (χ4n) is 4.19. The Bertz CT molecular complexity index is 1480. The van der Waals surface area contributed by atoms with Crippen molar-refractivity contribution in [2.24, 2.45) is 5.14 Å². The zero-order valence-electron chi connectivity index (χ0n) is 19.6. The van der Waals surface area contributed by atoms with Gasteiger partial charge < -0.3 is 15.5 Å². The molecule has 0 saturated carbocycles. The first-order valence-corrected chi connectivity index (χ1v) is 12.9. The van der Waals surface area contributed by atoms with Gasteiger partial charge >= 0.3 is 12.2 Å². The number of alkyl halides is 3. The highest BCUT2D eigenvalue weighted by atomic mass is 32.2. The Morgan fingerprint density at radius 3 is 2.21 bits per heavy atom. The monoisotopic (exact) mass is 550 g/mol. The molecule has 200 valence electrons. The van der Waals surface area contributed by atoms with Gasteiger partial charge in [0.25, 0.3) is 0 Å². The lowest BCUT2D eigenvalue weighted by molar-refractivity contribution is -0.137. The Morgan fingerprint density at radius 1 is 0.921 bits per heavy atom. The number of likely N-dealkylation sites (tertiary alicyclic amines) is 1. The van der Waals surface area contributed by atoms with Crippen LogP contribution in [-0.4, -0.2) is 37.8 Å². The van der Waals surface area contributed by atoms with E-state index in [1.165, 1.54) is 41.3 Å². The number of hydrogen-bond donors (Lipinski definition) is 3. The Labute approximate surface area is 215 Å². The molecule has 1 aliphatic heterocycles. The third-order valence-electron chi connectivity index (χ3n) is 6.00. The molecule has 0 radical (unpaired) electrons. The summed E-state index contributed by atoms with van der Waals surface area (Å²) in [5.74, 6) is -1.38. The Balaban J connectivity index is 1.46. The molecule has 0 spiro atoms. The van der Waals surface area contributed by atoms with Gasteiger partial charge in [-0.3, -0.25) is 4.79 Å². The number of urea groups is 1. The quantitative estimate of drug-likeness (QED) is 0.396. The van der Waals surface area contributed by atoms with E-state index in [9.17, 15) is 35.6 Å². The second kappa shape index (κ2) is 10.4. The molecule has 8 nitrogen and oxygen atoms in total. The predicted octanol–water partition coefficient (Wildman–Crippen LogP) is 4.79. The van der Waals surface area contributed by atoms with Gasteiger partial charge in [-0.2, -0.15) is 13.2 Å². The number of benzene rings is 3. The molecule has 0 aromatic heterocycles. The average molecular weight is 551 g/mol. The molecule has 4 rings (SSSR count). The van der Waals surface area contributed by atoms with Gasteiger partial charge in [0.15, 0.2) is 0 Å². The molecule has 1 fully saturated rings. The van der Waals surface area contributed by atoms with Crippen LogP contribution in [0.1, 0.15) is 18.4 Å². The number of halogens is 4. The highest BCUT2D eigenvalue weighted by molar-refractivity contribution is 7.89. The smallest absolute Gasteiger partial charge is 0.324 e. The van der Waals surface area contributed by atoms with E-state index in [0.717, 1.165) is 30.3 Å². The summed E-state index contributed by atoms with van der Waals surface area (Å²) >= 11 is 0. The van der Waals surface area contributed by atoms with Gasteiger partial charge in [-0.25, -0.2) is 22.7 Å². The minimum absolute atomic E-state index is 0.0361. The number of rotatable bonds is 5. The lowest BCUT2D eigenvalue weighted by Gasteiger charge is -2.24. The zero-order valence-corrected chi connectivity index (χ0v) is 20.4. The number of sulfonamides is 1. The van der Waals surface area contributed by atoms with Crippen LogP contribution in [0, 0.1) is 5.82 Å². The molecule has 3 amide bonds. The van der Waals surface area contributed by atoms with Gasteiger partial charge in [0, 0.05) is 29.0 Å². The third kappa shape index (κ3) is 5.94. The number of carbonyl (C=O) groups excluding carboxylic acids is 2. The van der Waals surface area contributed by atoms with Crippen LogP contribution in [0.15, 0.2) is 71.6 Å². The van der Waals surface area contributed by atoms with E-state index in [0.29, 0.717) is 12.8 Å². The maximum atomic E-state index is 14.9. The van der Waals surface area contributed by atoms with Gasteiger partial charge in [0.1, 0.15) is 11.9 Å². The first kappa shape index (κ1) is 27.1. The van der Waals surface area contributed by atoms with Gasteiger partial charge in [-0.05, 0) is 61.4 Å². The lowest BCUT2D eigenvalue weighted by Crippen LogP contribution is -2.45. The first-order chi connectivity index (χ1) is 17.8. The maximum absolute atomic E-state index is 14.9. The summed E-state index contributed by atoms with van der Waals surface area (Å²) in [5, 5.41) is 10.3. The average Bonchev–Trinajstić information content (AvgIpc) is 3.34. The molecule has 13 heteroatoms. The van der Waals surface area contributed by atoms with Gasteiger partial charge in [0.05, 0.1) is 10.5 Å². The highest BCUT2D eigenvalue weighted by Crippen LogP contribution is 2.32. The fourth-order valence-corrected chi connectivity index (χ4v) is 4.95. The summed E-state index contributed by atoms with van der Waals surface area (Å²) in [6, 6.07) is 11.7. The topological polar surface area (TPSA) is 122 Å². The van der Waals surface area contributed by atoms with Crippen molar-refractivity contribution in [3.63, 3.8) is 0 Å². The molecule has 3 aromatic rings. The zero-order chi connectivity index (χ0) is 27.7. The van der Waals surface area contributed by atoms with Crippen molar-refractivity contribution in [2.45, 2.75) is 30.0 Å². The predicted molar refractivity (Wildman–Crippen MR) is 132 cm³/mol. The van der Waals surface area contributed by atoms with Crippen molar-refractivity contribution in [2.75, 3.05) is 17.2 Å². The van der Waals surface area contributed by atoms with E-state index < -0.39 is 45.6 Å². The lowest BCUT2D eigenvalue weighted by atomic mass is 10.0. The number of anilines is 2. The van der Waals surface area contributed by atoms with Crippen LogP contribution in [0.2, 0.25) is 0 Å². The van der Waals surface area contributed by atoms with Gasteiger partial charge in [-0.15, -0.1) is 0 Å². The van der Waals surface area contributed by atoms with Crippen LogP contribution >= 0.6 is 0 Å². The Hall–Kier alpha value is -3.97. The summed E-state index contributed by atoms with van der Waals surface area (Å²) in [5.41, 5.74) is -0.621. The van der Waals surface area contributed by atoms with E-state index in [1.807, 2.05) is 0 Å². The molecule has 1 atom stereocenters. The number of amides is 3. The van der Waals surface area contributed by atoms with E-state index >= 15 is 0 Å². The molecule has 1 heterocycles. The van der Waals surface area contributed by atoms with Crippen molar-refractivity contribution in [3.8, 4) is 11.1 Å². The summed E-state index contributed by atoms with van der Waals surface area (Å²) in [4.78, 5) is 26.6. The van der Waals surface area contributed by atoms with Crippen molar-refractivity contribution in [1.82, 2.24) is 4.90 Å². The molecule has 0 aliphatic carbocycles. The summed E-state index contributed by atoms with van der Waals surface area (Å²) in [6.07, 6.45) is -3.67. The number of hydrogen-bond acceptors (Lipinski definition) is 4. The molecular formula is C25H22F4N4O4S. The van der Waals surface area contributed by atoms with E-state index in [1.54, 1.807) is 0 Å². The van der Waals surface area contributed by atoms with Crippen molar-refractivity contribution in [3.05, 3.63) is 78.1 Å². The molecule has 1 saturated heterocycles. The number of nitrogens with zero attached hydrogens (tertiary/aromatic N) is 1. The third-order valence-corrected chi connectivity index (χ3v) is 6.97. The number of primary sulfonamides is 1. The van der Waals surface area contributed by atoms with Crippen molar-refractivity contribution in [1.29, 1.82) is 0 Å². The molecular weight excluding hydrogens is 528 g/mol. The molecule has 0 bridgehead atoms. The van der Waals surface area contributed by atoms with E-state index in [-0.39, 0.29) is 33.9 Å². The summed E-state index contributed by atoms with van der Waals surface area (Å²) < 4.78 is 76.9. The summed E-state index contributed by atoms with van der Waals surface area (Å²) in [6.45, 7) is 0.238. The second-order valence-electron chi connectivity index (χ2n) is 8.58. The number of carbonyl (C=O) groups is 2. The van der Waals surface area contributed by atoms with Crippen LogP contribution in [0.3, 0.4) is 0 Å². The van der Waals surface area contributed by atoms with Crippen LogP contribution in [0.4, 0.5) is 33.7 Å². The largest absolute Gasteiger partial charge is 0.416 e. The Morgan fingerprint density at radius 2 is 1.58 bits per heavy atom. The van der Waals surface area contributed by atoms with Crippen LogP contribution in [0.25, 0.3) is 11.1 Å². The van der Waals surface area contributed by atoms with Crippen molar-refractivity contribution >= 4 is 33.3 Å². The second-order valence-corrected chi connectivity index (χ2v) is 10.1. The van der Waals surface area contributed by atoms with E-state index in [2.05, 4.69) is 10.6 Å². The molecule has 3 aromatic carbocycles. The van der Waals surface area contributed by atoms with E-state index in [4.69, 9.17) is 5.14 Å². The van der Waals surface area contributed by atoms with Crippen LogP contribution in [-0.2, 0) is 21.0 Å². The summed E-state index contributed by atoms with van der Waals surface area (Å²) in [7, 11) is -4.11. The standard InChI is InChI=1S/C25H22F4N4O4S/c26-20-14-17(11-12-18(20)19-4-1-2-6-22(19)38(30,36)37)31-23(34)21-5-3-13-33(21)24(35)32-16-9-7-15(8-10-16)25(27,28)29/h1-2,4,6-12,14,21H,3,5,13H2,(H,31,34)(H,32,35)(H2,30,36,37). The van der Waals surface area contributed by atoms with Gasteiger partial charge in [-0.1, -0.05) is 18.2 Å². The molecule has 1 aliphatic rings. The van der Waals surface area contributed by atoms with Crippen molar-refractivity contribution < 1.29 is 35.6 Å². The Kier molecular flexibility index (Phi) is 7.42.